The molecule has 3 nitrogen and oxygen atoms in total. The van der Waals surface area contributed by atoms with E-state index < -0.39 is 12.1 Å². The van der Waals surface area contributed by atoms with Crippen molar-refractivity contribution >= 4 is 40.5 Å². The number of carboxylic acids is 1. The Morgan fingerprint density at radius 2 is 1.94 bits per heavy atom. The molecule has 0 radical (unpaired) electrons. The van der Waals surface area contributed by atoms with E-state index in [-0.39, 0.29) is 5.56 Å². The SMILES string of the molecule is O=C(O)c1ccsc1C(O)c1ccc(Cl)c(Cl)c1. The summed E-state index contributed by atoms with van der Waals surface area (Å²) in [6.07, 6.45) is -1.02. The summed E-state index contributed by atoms with van der Waals surface area (Å²) >= 11 is 12.8. The summed E-state index contributed by atoms with van der Waals surface area (Å²) in [5, 5.41) is 21.5. The van der Waals surface area contributed by atoms with Crippen LogP contribution >= 0.6 is 34.5 Å². The zero-order valence-electron chi connectivity index (χ0n) is 8.93. The molecule has 2 N–H and O–H groups in total. The van der Waals surface area contributed by atoms with Crippen LogP contribution in [-0.2, 0) is 0 Å². The van der Waals surface area contributed by atoms with Gasteiger partial charge in [-0.1, -0.05) is 29.3 Å². The first-order valence-corrected chi connectivity index (χ1v) is 6.58. The van der Waals surface area contributed by atoms with Crippen molar-refractivity contribution in [2.45, 2.75) is 6.10 Å². The molecule has 1 unspecified atom stereocenters. The molecule has 18 heavy (non-hydrogen) atoms. The lowest BCUT2D eigenvalue weighted by Gasteiger charge is -2.11. The van der Waals surface area contributed by atoms with Crippen LogP contribution < -0.4 is 0 Å². The molecule has 0 saturated carbocycles. The fourth-order valence-corrected chi connectivity index (χ4v) is 2.75. The van der Waals surface area contributed by atoms with Crippen LogP contribution in [-0.4, -0.2) is 16.2 Å². The Labute approximate surface area is 117 Å². The Hall–Kier alpha value is -1.07. The number of thiophene rings is 1. The van der Waals surface area contributed by atoms with Crippen LogP contribution in [0.3, 0.4) is 0 Å². The second-order valence-electron chi connectivity index (χ2n) is 3.58. The highest BCUT2D eigenvalue weighted by Gasteiger charge is 2.20. The molecule has 0 spiro atoms. The van der Waals surface area contributed by atoms with Gasteiger partial charge >= 0.3 is 5.97 Å². The van der Waals surface area contributed by atoms with Gasteiger partial charge in [-0.25, -0.2) is 4.79 Å². The number of hydrogen-bond acceptors (Lipinski definition) is 3. The third-order valence-corrected chi connectivity index (χ3v) is 4.14. The monoisotopic (exact) mass is 302 g/mol. The van der Waals surface area contributed by atoms with Gasteiger partial charge in [0.25, 0.3) is 0 Å². The predicted octanol–water partition coefficient (Wildman–Crippen LogP) is 3.83. The zero-order valence-corrected chi connectivity index (χ0v) is 11.3. The summed E-state index contributed by atoms with van der Waals surface area (Å²) in [4.78, 5) is 11.4. The van der Waals surface area contributed by atoms with Gasteiger partial charge < -0.3 is 10.2 Å². The molecule has 0 amide bonds. The number of aliphatic hydroxyl groups excluding tert-OH is 1. The summed E-state index contributed by atoms with van der Waals surface area (Å²) in [5.74, 6) is -1.06. The first kappa shape index (κ1) is 13.4. The molecule has 1 heterocycles. The van der Waals surface area contributed by atoms with Crippen molar-refractivity contribution in [1.29, 1.82) is 0 Å². The zero-order chi connectivity index (χ0) is 13.3. The number of carboxylic acid groups (broad SMARTS) is 1. The lowest BCUT2D eigenvalue weighted by Crippen LogP contribution is -2.04. The van der Waals surface area contributed by atoms with E-state index in [1.54, 1.807) is 17.5 Å². The normalized spacial score (nSPS) is 12.4. The molecule has 1 aromatic heterocycles. The van der Waals surface area contributed by atoms with E-state index >= 15 is 0 Å². The van der Waals surface area contributed by atoms with Gasteiger partial charge in [0.2, 0.25) is 0 Å². The van der Waals surface area contributed by atoms with Crippen LogP contribution in [0.25, 0.3) is 0 Å². The fourth-order valence-electron chi connectivity index (χ4n) is 1.54. The minimum atomic E-state index is -1.06. The average molecular weight is 303 g/mol. The van der Waals surface area contributed by atoms with Crippen molar-refractivity contribution in [3.8, 4) is 0 Å². The number of rotatable bonds is 3. The highest BCUT2D eigenvalue weighted by atomic mass is 35.5. The van der Waals surface area contributed by atoms with E-state index in [2.05, 4.69) is 0 Å². The van der Waals surface area contributed by atoms with E-state index in [0.717, 1.165) is 0 Å². The number of aliphatic hydroxyl groups is 1. The minimum Gasteiger partial charge on any atom is -0.478 e. The average Bonchev–Trinajstić information content (AvgIpc) is 2.81. The topological polar surface area (TPSA) is 57.5 Å². The summed E-state index contributed by atoms with van der Waals surface area (Å²) in [6, 6.07) is 6.17. The standard InChI is InChI=1S/C12H8Cl2O3S/c13-8-2-1-6(5-9(8)14)10(15)11-7(12(16)17)3-4-18-11/h1-5,10,15H,(H,16,17). The molecule has 0 saturated heterocycles. The molecule has 0 bridgehead atoms. The lowest BCUT2D eigenvalue weighted by molar-refractivity contribution is 0.0692. The molecule has 1 atom stereocenters. The van der Waals surface area contributed by atoms with Gasteiger partial charge in [0, 0.05) is 0 Å². The Bertz CT molecular complexity index is 595. The highest BCUT2D eigenvalue weighted by molar-refractivity contribution is 7.10. The van der Waals surface area contributed by atoms with Gasteiger partial charge in [0.05, 0.1) is 20.5 Å². The maximum Gasteiger partial charge on any atom is 0.336 e. The van der Waals surface area contributed by atoms with Crippen LogP contribution in [0.2, 0.25) is 10.0 Å². The van der Waals surface area contributed by atoms with Crippen LogP contribution in [0.15, 0.2) is 29.6 Å². The molecule has 0 aliphatic rings. The van der Waals surface area contributed by atoms with E-state index in [4.69, 9.17) is 28.3 Å². The quantitative estimate of drug-likeness (QED) is 0.906. The summed E-state index contributed by atoms with van der Waals surface area (Å²) in [5.41, 5.74) is 0.605. The number of benzene rings is 1. The molecule has 2 aromatic rings. The highest BCUT2D eigenvalue weighted by Crippen LogP contribution is 2.32. The number of hydrogen-bond donors (Lipinski definition) is 2. The number of halogens is 2. The van der Waals surface area contributed by atoms with Gasteiger partial charge in [-0.3, -0.25) is 0 Å². The molecule has 94 valence electrons. The maximum absolute atomic E-state index is 11.0. The van der Waals surface area contributed by atoms with Crippen LogP contribution in [0.5, 0.6) is 0 Å². The van der Waals surface area contributed by atoms with Gasteiger partial charge in [-0.2, -0.15) is 0 Å². The Kier molecular flexibility index (Phi) is 3.92. The van der Waals surface area contributed by atoms with E-state index in [1.807, 2.05) is 0 Å². The Balaban J connectivity index is 2.41. The van der Waals surface area contributed by atoms with Gasteiger partial charge in [0.15, 0.2) is 0 Å². The van der Waals surface area contributed by atoms with Gasteiger partial charge in [-0.15, -0.1) is 11.3 Å². The smallest absolute Gasteiger partial charge is 0.336 e. The maximum atomic E-state index is 11.0. The van der Waals surface area contributed by atoms with E-state index in [9.17, 15) is 9.90 Å². The molecule has 6 heteroatoms. The summed E-state index contributed by atoms with van der Waals surface area (Å²) < 4.78 is 0. The van der Waals surface area contributed by atoms with Crippen LogP contribution in [0, 0.1) is 0 Å². The predicted molar refractivity (Wildman–Crippen MR) is 71.8 cm³/mol. The van der Waals surface area contributed by atoms with Crippen molar-refractivity contribution in [2.24, 2.45) is 0 Å². The van der Waals surface area contributed by atoms with E-state index in [1.165, 1.54) is 23.5 Å². The lowest BCUT2D eigenvalue weighted by atomic mass is 10.1. The molecule has 2 rings (SSSR count). The molecular formula is C12H8Cl2O3S. The minimum absolute atomic E-state index is 0.0959. The summed E-state index contributed by atoms with van der Waals surface area (Å²) in [7, 11) is 0. The van der Waals surface area contributed by atoms with Gasteiger partial charge in [0.1, 0.15) is 6.10 Å². The van der Waals surface area contributed by atoms with E-state index in [0.29, 0.717) is 20.5 Å². The number of aromatic carboxylic acids is 1. The largest absolute Gasteiger partial charge is 0.478 e. The van der Waals surface area contributed by atoms with Crippen molar-refractivity contribution in [1.82, 2.24) is 0 Å². The molecular weight excluding hydrogens is 295 g/mol. The van der Waals surface area contributed by atoms with Gasteiger partial charge in [-0.05, 0) is 29.1 Å². The van der Waals surface area contributed by atoms with Crippen LogP contribution in [0.1, 0.15) is 26.9 Å². The third kappa shape index (κ3) is 2.52. The second kappa shape index (κ2) is 5.28. The van der Waals surface area contributed by atoms with Crippen molar-refractivity contribution in [3.63, 3.8) is 0 Å². The third-order valence-electron chi connectivity index (χ3n) is 2.43. The molecule has 0 aliphatic heterocycles. The summed E-state index contributed by atoms with van der Waals surface area (Å²) in [6.45, 7) is 0. The molecule has 0 fully saturated rings. The fraction of sp³-hybridized carbons (Fsp3) is 0.0833. The molecule has 1 aromatic carbocycles. The first-order valence-electron chi connectivity index (χ1n) is 4.94. The van der Waals surface area contributed by atoms with Crippen LogP contribution in [0.4, 0.5) is 0 Å². The molecule has 0 aliphatic carbocycles. The van der Waals surface area contributed by atoms with Crippen molar-refractivity contribution in [3.05, 3.63) is 55.7 Å². The Morgan fingerprint density at radius 3 is 2.56 bits per heavy atom. The number of carbonyl (C=O) groups is 1. The Morgan fingerprint density at radius 1 is 1.22 bits per heavy atom. The van der Waals surface area contributed by atoms with Crippen molar-refractivity contribution in [2.75, 3.05) is 0 Å². The second-order valence-corrected chi connectivity index (χ2v) is 5.34. The van der Waals surface area contributed by atoms with Crippen molar-refractivity contribution < 1.29 is 15.0 Å². The first-order chi connectivity index (χ1) is 8.50.